The van der Waals surface area contributed by atoms with Gasteiger partial charge in [0.25, 0.3) is 0 Å². The Labute approximate surface area is 173 Å². The Kier molecular flexibility index (Phi) is 6.46. The van der Waals surface area contributed by atoms with E-state index in [1.807, 2.05) is 43.3 Å². The van der Waals surface area contributed by atoms with Gasteiger partial charge in [0.15, 0.2) is 11.7 Å². The van der Waals surface area contributed by atoms with Crippen LogP contribution in [0.15, 0.2) is 59.1 Å². The highest BCUT2D eigenvalue weighted by Crippen LogP contribution is 2.29. The Bertz CT molecular complexity index is 1040. The van der Waals surface area contributed by atoms with E-state index in [2.05, 4.69) is 10.5 Å². The number of carboxylic acids is 1. The zero-order valence-electron chi connectivity index (χ0n) is 16.7. The van der Waals surface area contributed by atoms with Crippen LogP contribution in [0.4, 0.5) is 4.39 Å². The molecule has 0 saturated heterocycles. The summed E-state index contributed by atoms with van der Waals surface area (Å²) in [6.07, 6.45) is 0. The lowest BCUT2D eigenvalue weighted by Crippen LogP contribution is -2.40. The second-order valence-corrected chi connectivity index (χ2v) is 7.00. The Morgan fingerprint density at radius 2 is 2.00 bits per heavy atom. The molecule has 30 heavy (non-hydrogen) atoms. The number of nitrogens with one attached hydrogen (secondary N) is 2. The third-order valence-electron chi connectivity index (χ3n) is 4.78. The molecule has 0 saturated carbocycles. The third kappa shape index (κ3) is 5.02. The fourth-order valence-electron chi connectivity index (χ4n) is 3.03. The third-order valence-corrected chi connectivity index (χ3v) is 4.78. The molecule has 0 bridgehead atoms. The lowest BCUT2D eigenvalue weighted by Gasteiger charge is -2.17. The molecule has 0 fully saturated rings. The SMILES string of the molecule is CC(c1ccc(-c2ccccc2)c(F)c1)c1cc(CNC(=N)N(C)CC(=O)O)on1. The lowest BCUT2D eigenvalue weighted by molar-refractivity contribution is -0.137. The van der Waals surface area contributed by atoms with Crippen molar-refractivity contribution in [3.8, 4) is 11.1 Å². The second-order valence-electron chi connectivity index (χ2n) is 7.00. The van der Waals surface area contributed by atoms with Gasteiger partial charge in [0.1, 0.15) is 12.4 Å². The van der Waals surface area contributed by atoms with Crippen LogP contribution in [0.3, 0.4) is 0 Å². The van der Waals surface area contributed by atoms with Gasteiger partial charge < -0.3 is 19.8 Å². The van der Waals surface area contributed by atoms with E-state index >= 15 is 0 Å². The van der Waals surface area contributed by atoms with Gasteiger partial charge in [0.2, 0.25) is 0 Å². The molecule has 0 aliphatic rings. The standard InChI is InChI=1S/C22H23FN4O3/c1-14(16-8-9-18(19(23)10-16)15-6-4-3-5-7-15)20-11-17(30-26-20)12-25-22(24)27(2)13-21(28)29/h3-11,14H,12-13H2,1-2H3,(H2,24,25)(H,28,29). The first kappa shape index (κ1) is 21.0. The summed E-state index contributed by atoms with van der Waals surface area (Å²) < 4.78 is 20.0. The average Bonchev–Trinajstić information content (AvgIpc) is 3.20. The van der Waals surface area contributed by atoms with Gasteiger partial charge in [-0.15, -0.1) is 0 Å². The van der Waals surface area contributed by atoms with E-state index in [0.29, 0.717) is 17.0 Å². The van der Waals surface area contributed by atoms with Crippen molar-refractivity contribution in [2.24, 2.45) is 0 Å². The van der Waals surface area contributed by atoms with Gasteiger partial charge in [-0.3, -0.25) is 10.2 Å². The van der Waals surface area contributed by atoms with Crippen molar-refractivity contribution in [3.05, 3.63) is 77.4 Å². The van der Waals surface area contributed by atoms with E-state index in [4.69, 9.17) is 15.0 Å². The predicted octanol–water partition coefficient (Wildman–Crippen LogP) is 3.67. The Balaban J connectivity index is 1.66. The maximum Gasteiger partial charge on any atom is 0.323 e. The van der Waals surface area contributed by atoms with Gasteiger partial charge in [-0.05, 0) is 17.2 Å². The number of carboxylic acid groups (broad SMARTS) is 1. The maximum absolute atomic E-state index is 14.7. The highest BCUT2D eigenvalue weighted by atomic mass is 19.1. The zero-order valence-corrected chi connectivity index (χ0v) is 16.7. The van der Waals surface area contributed by atoms with Crippen molar-refractivity contribution in [2.45, 2.75) is 19.4 Å². The molecule has 1 atom stereocenters. The molecule has 156 valence electrons. The van der Waals surface area contributed by atoms with E-state index in [9.17, 15) is 9.18 Å². The van der Waals surface area contributed by atoms with E-state index in [-0.39, 0.29) is 30.8 Å². The van der Waals surface area contributed by atoms with E-state index < -0.39 is 5.97 Å². The Hall–Kier alpha value is -3.68. The van der Waals surface area contributed by atoms with Crippen LogP contribution in [0.1, 0.15) is 29.9 Å². The van der Waals surface area contributed by atoms with Gasteiger partial charge in [-0.1, -0.05) is 54.5 Å². The first-order valence-electron chi connectivity index (χ1n) is 9.41. The maximum atomic E-state index is 14.7. The summed E-state index contributed by atoms with van der Waals surface area (Å²) >= 11 is 0. The summed E-state index contributed by atoms with van der Waals surface area (Å²) in [7, 11) is 1.50. The molecule has 1 unspecified atom stereocenters. The van der Waals surface area contributed by atoms with Crippen LogP contribution in [0.2, 0.25) is 0 Å². The van der Waals surface area contributed by atoms with E-state index in [1.165, 1.54) is 18.0 Å². The minimum absolute atomic E-state index is 0.0398. The molecule has 0 aliphatic heterocycles. The Morgan fingerprint density at radius 3 is 2.67 bits per heavy atom. The fourth-order valence-corrected chi connectivity index (χ4v) is 3.03. The van der Waals surface area contributed by atoms with Crippen LogP contribution >= 0.6 is 0 Å². The summed E-state index contributed by atoms with van der Waals surface area (Å²) in [6, 6.07) is 16.2. The van der Waals surface area contributed by atoms with Gasteiger partial charge >= 0.3 is 5.97 Å². The molecule has 0 aliphatic carbocycles. The lowest BCUT2D eigenvalue weighted by atomic mass is 9.94. The van der Waals surface area contributed by atoms with Crippen molar-refractivity contribution in [1.29, 1.82) is 5.41 Å². The summed E-state index contributed by atoms with van der Waals surface area (Å²) in [5.74, 6) is -1.05. The molecule has 3 rings (SSSR count). The number of hydrogen-bond acceptors (Lipinski definition) is 4. The molecule has 0 amide bonds. The van der Waals surface area contributed by atoms with Crippen molar-refractivity contribution < 1.29 is 18.8 Å². The van der Waals surface area contributed by atoms with Crippen LogP contribution in [0.25, 0.3) is 11.1 Å². The van der Waals surface area contributed by atoms with Gasteiger partial charge in [0.05, 0.1) is 12.2 Å². The molecule has 1 aromatic heterocycles. The minimum atomic E-state index is -1.02. The van der Waals surface area contributed by atoms with Crippen LogP contribution in [-0.2, 0) is 11.3 Å². The number of aliphatic carboxylic acids is 1. The smallest absolute Gasteiger partial charge is 0.323 e. The summed E-state index contributed by atoms with van der Waals surface area (Å²) in [6.45, 7) is 1.81. The van der Waals surface area contributed by atoms with Crippen molar-refractivity contribution in [2.75, 3.05) is 13.6 Å². The van der Waals surface area contributed by atoms with Gasteiger partial charge in [-0.2, -0.15) is 0 Å². The van der Waals surface area contributed by atoms with Crippen LogP contribution in [0.5, 0.6) is 0 Å². The first-order valence-corrected chi connectivity index (χ1v) is 9.41. The average molecular weight is 410 g/mol. The van der Waals surface area contributed by atoms with Gasteiger partial charge in [-0.25, -0.2) is 4.39 Å². The highest BCUT2D eigenvalue weighted by Gasteiger charge is 2.17. The normalized spacial score (nSPS) is 11.7. The summed E-state index contributed by atoms with van der Waals surface area (Å²) in [5.41, 5.74) is 2.78. The fraction of sp³-hybridized carbons (Fsp3) is 0.227. The zero-order chi connectivity index (χ0) is 21.7. The van der Waals surface area contributed by atoms with Gasteiger partial charge in [0, 0.05) is 24.6 Å². The number of rotatable bonds is 7. The van der Waals surface area contributed by atoms with Crippen molar-refractivity contribution >= 4 is 11.9 Å². The molecule has 3 N–H and O–H groups in total. The minimum Gasteiger partial charge on any atom is -0.480 e. The molecule has 2 aromatic carbocycles. The Morgan fingerprint density at radius 1 is 1.27 bits per heavy atom. The summed E-state index contributed by atoms with van der Waals surface area (Å²) in [5, 5.41) is 23.4. The molecule has 1 heterocycles. The molecule has 0 radical (unpaired) electrons. The van der Waals surface area contributed by atoms with E-state index in [0.717, 1.165) is 11.1 Å². The summed E-state index contributed by atoms with van der Waals surface area (Å²) in [4.78, 5) is 12.0. The topological polar surface area (TPSA) is 102 Å². The van der Waals surface area contributed by atoms with E-state index in [1.54, 1.807) is 12.1 Å². The molecular weight excluding hydrogens is 387 g/mol. The number of carbonyl (C=O) groups is 1. The number of aromatic nitrogens is 1. The molecule has 7 nitrogen and oxygen atoms in total. The molecule has 3 aromatic rings. The quantitative estimate of drug-likeness (QED) is 0.406. The predicted molar refractivity (Wildman–Crippen MR) is 111 cm³/mol. The van der Waals surface area contributed by atoms with Crippen molar-refractivity contribution in [1.82, 2.24) is 15.4 Å². The van der Waals surface area contributed by atoms with Crippen LogP contribution in [-0.4, -0.2) is 40.7 Å². The molecule has 0 spiro atoms. The second kappa shape index (κ2) is 9.21. The molecule has 8 heteroatoms. The molecular formula is C22H23FN4O3. The number of guanidine groups is 1. The van der Waals surface area contributed by atoms with Crippen LogP contribution in [0, 0.1) is 11.2 Å². The number of hydrogen-bond donors (Lipinski definition) is 3. The number of halogens is 1. The first-order chi connectivity index (χ1) is 14.3. The highest BCUT2D eigenvalue weighted by molar-refractivity contribution is 5.81. The van der Waals surface area contributed by atoms with Crippen molar-refractivity contribution in [3.63, 3.8) is 0 Å². The number of benzene rings is 2. The number of likely N-dealkylation sites (N-methyl/N-ethyl adjacent to an activating group) is 1. The monoisotopic (exact) mass is 410 g/mol. The number of nitrogens with zero attached hydrogens (tertiary/aromatic N) is 2. The van der Waals surface area contributed by atoms with Crippen LogP contribution < -0.4 is 5.32 Å². The largest absolute Gasteiger partial charge is 0.480 e.